The van der Waals surface area contributed by atoms with E-state index < -0.39 is 12.1 Å². The molecule has 1 fully saturated rings. The highest BCUT2D eigenvalue weighted by Gasteiger charge is 2.31. The highest BCUT2D eigenvalue weighted by molar-refractivity contribution is 6.25. The van der Waals surface area contributed by atoms with E-state index in [1.54, 1.807) is 13.0 Å². The van der Waals surface area contributed by atoms with Crippen molar-refractivity contribution in [2.45, 2.75) is 12.3 Å². The van der Waals surface area contributed by atoms with E-state index in [0.717, 1.165) is 43.1 Å². The Labute approximate surface area is 208 Å². The minimum atomic E-state index is -0.633. The van der Waals surface area contributed by atoms with Crippen molar-refractivity contribution in [3.8, 4) is 5.75 Å². The number of methoxy groups -OCH3 is 1. The number of aromatic nitrogens is 1. The predicted octanol–water partition coefficient (Wildman–Crippen LogP) is 4.33. The van der Waals surface area contributed by atoms with Crippen LogP contribution in [0.5, 0.6) is 5.75 Å². The summed E-state index contributed by atoms with van der Waals surface area (Å²) in [6, 6.07) is 9.45. The first-order valence-corrected chi connectivity index (χ1v) is 12.0. The first-order valence-electron chi connectivity index (χ1n) is 11.5. The zero-order chi connectivity index (χ0) is 24.7. The number of fused-ring (bicyclic) bond motifs is 3. The summed E-state index contributed by atoms with van der Waals surface area (Å²) in [5, 5.41) is 6.29. The van der Waals surface area contributed by atoms with E-state index in [-0.39, 0.29) is 5.38 Å². The van der Waals surface area contributed by atoms with E-state index in [4.69, 9.17) is 21.1 Å². The SMILES string of the molecule is COC(=O)c1c(C)[nH]c2c(OC(=O)Nc3ccc(N4CCN(C)CC4)cc3)cc3c(c12)[C@H](Cl)CN3. The number of piperazine rings is 1. The number of rotatable bonds is 4. The largest absolute Gasteiger partial charge is 0.465 e. The van der Waals surface area contributed by atoms with Gasteiger partial charge in [-0.2, -0.15) is 0 Å². The van der Waals surface area contributed by atoms with Crippen LogP contribution in [0.2, 0.25) is 0 Å². The van der Waals surface area contributed by atoms with E-state index >= 15 is 0 Å². The molecule has 0 unspecified atom stereocenters. The molecule has 3 heterocycles. The fourth-order valence-electron chi connectivity index (χ4n) is 4.77. The molecule has 5 rings (SSSR count). The average molecular weight is 498 g/mol. The Balaban J connectivity index is 1.38. The second-order valence-electron chi connectivity index (χ2n) is 8.90. The standard InChI is InChI=1S/C25H28ClN5O4/c1-14-20(24(32)34-3)22-21-17(26)13-27-18(21)12-19(23(22)28-14)35-25(33)29-15-4-6-16(7-5-15)31-10-8-30(2)9-11-31/h4-7,12,17,27-28H,8-11,13H2,1-3H3,(H,29,33)/t17-/m1/s1. The van der Waals surface area contributed by atoms with Crippen molar-refractivity contribution in [1.29, 1.82) is 0 Å². The van der Waals surface area contributed by atoms with Gasteiger partial charge < -0.3 is 29.6 Å². The molecule has 3 aromatic rings. The van der Waals surface area contributed by atoms with Crippen LogP contribution in [0.3, 0.4) is 0 Å². The molecule has 0 bridgehead atoms. The van der Waals surface area contributed by atoms with Gasteiger partial charge in [-0.1, -0.05) is 0 Å². The van der Waals surface area contributed by atoms with Gasteiger partial charge in [0.15, 0.2) is 5.75 Å². The third-order valence-corrected chi connectivity index (χ3v) is 7.00. The molecule has 0 spiro atoms. The molecule has 9 nitrogen and oxygen atoms in total. The summed E-state index contributed by atoms with van der Waals surface area (Å²) < 4.78 is 10.7. The number of nitrogens with one attached hydrogen (secondary N) is 3. The van der Waals surface area contributed by atoms with Crippen LogP contribution >= 0.6 is 11.6 Å². The van der Waals surface area contributed by atoms with E-state index in [9.17, 15) is 9.59 Å². The van der Waals surface area contributed by atoms with Gasteiger partial charge in [-0.05, 0) is 38.2 Å². The van der Waals surface area contributed by atoms with Gasteiger partial charge in [-0.15, -0.1) is 11.6 Å². The summed E-state index contributed by atoms with van der Waals surface area (Å²) in [5.74, 6) is -0.185. The summed E-state index contributed by atoms with van der Waals surface area (Å²) >= 11 is 6.54. The van der Waals surface area contributed by atoms with Crippen molar-refractivity contribution in [3.05, 3.63) is 47.2 Å². The maximum Gasteiger partial charge on any atom is 0.417 e. The zero-order valence-corrected chi connectivity index (χ0v) is 20.7. The average Bonchev–Trinajstić information content (AvgIpc) is 3.38. The molecule has 184 valence electrons. The first-order chi connectivity index (χ1) is 16.9. The Morgan fingerprint density at radius 2 is 1.86 bits per heavy atom. The molecule has 0 saturated carbocycles. The molecule has 1 amide bonds. The number of aromatic amines is 1. The zero-order valence-electron chi connectivity index (χ0n) is 19.9. The lowest BCUT2D eigenvalue weighted by Crippen LogP contribution is -2.44. The van der Waals surface area contributed by atoms with E-state index in [2.05, 4.69) is 32.5 Å². The highest BCUT2D eigenvalue weighted by Crippen LogP contribution is 2.45. The smallest absolute Gasteiger partial charge is 0.417 e. The minimum Gasteiger partial charge on any atom is -0.465 e. The van der Waals surface area contributed by atoms with Gasteiger partial charge in [-0.25, -0.2) is 9.59 Å². The maximum absolute atomic E-state index is 12.8. The number of benzene rings is 2. The van der Waals surface area contributed by atoms with Crippen molar-refractivity contribution < 1.29 is 19.1 Å². The van der Waals surface area contributed by atoms with Crippen molar-refractivity contribution in [3.63, 3.8) is 0 Å². The second kappa shape index (κ2) is 9.31. The molecular formula is C25H28ClN5O4. The summed E-state index contributed by atoms with van der Waals surface area (Å²) in [6.07, 6.45) is -0.633. The molecule has 2 aromatic carbocycles. The number of hydrogen-bond donors (Lipinski definition) is 3. The summed E-state index contributed by atoms with van der Waals surface area (Å²) in [4.78, 5) is 33.1. The Bertz CT molecular complexity index is 1280. The van der Waals surface area contributed by atoms with Gasteiger partial charge in [0.25, 0.3) is 0 Å². The number of anilines is 3. The van der Waals surface area contributed by atoms with Gasteiger partial charge in [0.1, 0.15) is 0 Å². The van der Waals surface area contributed by atoms with Crippen LogP contribution in [-0.2, 0) is 4.74 Å². The fourth-order valence-corrected chi connectivity index (χ4v) is 5.07. The van der Waals surface area contributed by atoms with Gasteiger partial charge in [0.2, 0.25) is 0 Å². The lowest BCUT2D eigenvalue weighted by atomic mass is 10.0. The summed E-state index contributed by atoms with van der Waals surface area (Å²) in [6.45, 7) is 6.27. The topological polar surface area (TPSA) is 98.9 Å². The number of carbonyl (C=O) groups excluding carboxylic acids is 2. The lowest BCUT2D eigenvalue weighted by molar-refractivity contribution is 0.0602. The number of alkyl halides is 1. The monoisotopic (exact) mass is 497 g/mol. The Morgan fingerprint density at radius 3 is 2.54 bits per heavy atom. The molecule has 0 aliphatic carbocycles. The molecule has 3 N–H and O–H groups in total. The number of hydrogen-bond acceptors (Lipinski definition) is 7. The Morgan fingerprint density at radius 1 is 1.14 bits per heavy atom. The van der Waals surface area contributed by atoms with Crippen LogP contribution in [-0.4, -0.2) is 68.8 Å². The molecule has 1 aromatic heterocycles. The van der Waals surface area contributed by atoms with E-state index in [0.29, 0.717) is 40.1 Å². The summed E-state index contributed by atoms with van der Waals surface area (Å²) in [5.41, 5.74) is 4.79. The molecule has 1 saturated heterocycles. The molecule has 1 atom stereocenters. The number of H-pyrrole nitrogens is 1. The molecule has 10 heteroatoms. The highest BCUT2D eigenvalue weighted by atomic mass is 35.5. The molecule has 35 heavy (non-hydrogen) atoms. The third-order valence-electron chi connectivity index (χ3n) is 6.63. The Hall–Kier alpha value is -3.43. The van der Waals surface area contributed by atoms with Gasteiger partial charge in [-0.3, -0.25) is 5.32 Å². The van der Waals surface area contributed by atoms with Crippen LogP contribution in [0.25, 0.3) is 10.9 Å². The van der Waals surface area contributed by atoms with Crippen molar-refractivity contribution in [1.82, 2.24) is 9.88 Å². The number of nitrogens with zero attached hydrogens (tertiary/aromatic N) is 2. The lowest BCUT2D eigenvalue weighted by Gasteiger charge is -2.34. The van der Waals surface area contributed by atoms with Crippen LogP contribution in [0, 0.1) is 6.92 Å². The number of likely N-dealkylation sites (N-methyl/N-ethyl adjacent to an activating group) is 1. The minimum absolute atomic E-state index is 0.293. The van der Waals surface area contributed by atoms with Crippen molar-refractivity contribution in [2.24, 2.45) is 0 Å². The predicted molar refractivity (Wildman–Crippen MR) is 137 cm³/mol. The van der Waals surface area contributed by atoms with Crippen LogP contribution in [0.15, 0.2) is 30.3 Å². The van der Waals surface area contributed by atoms with Crippen molar-refractivity contribution in [2.75, 3.05) is 62.4 Å². The number of aryl methyl sites for hydroxylation is 1. The molecule has 0 radical (unpaired) electrons. The second-order valence-corrected chi connectivity index (χ2v) is 9.43. The quantitative estimate of drug-likeness (QED) is 0.364. The van der Waals surface area contributed by atoms with Gasteiger partial charge in [0, 0.05) is 72.5 Å². The normalized spacial score (nSPS) is 17.7. The molecule has 2 aliphatic rings. The molecular weight excluding hydrogens is 470 g/mol. The van der Waals surface area contributed by atoms with Gasteiger partial charge >= 0.3 is 12.1 Å². The number of amides is 1. The van der Waals surface area contributed by atoms with E-state index in [1.807, 2.05) is 24.3 Å². The van der Waals surface area contributed by atoms with Crippen LogP contribution < -0.4 is 20.3 Å². The number of carbonyl (C=O) groups is 2. The molecule has 2 aliphatic heterocycles. The van der Waals surface area contributed by atoms with Crippen molar-refractivity contribution >= 4 is 51.6 Å². The number of halogens is 1. The van der Waals surface area contributed by atoms with Gasteiger partial charge in [0.05, 0.1) is 23.6 Å². The maximum atomic E-state index is 12.8. The third kappa shape index (κ3) is 4.37. The fraction of sp³-hybridized carbons (Fsp3) is 0.360. The van der Waals surface area contributed by atoms with Crippen LogP contribution in [0.1, 0.15) is 27.0 Å². The Kier molecular flexibility index (Phi) is 6.21. The van der Waals surface area contributed by atoms with E-state index in [1.165, 1.54) is 7.11 Å². The number of esters is 1. The summed E-state index contributed by atoms with van der Waals surface area (Å²) in [7, 11) is 3.46. The number of ether oxygens (including phenoxy) is 2. The first kappa shape index (κ1) is 23.3. The van der Waals surface area contributed by atoms with Crippen LogP contribution in [0.4, 0.5) is 21.9 Å².